The predicted molar refractivity (Wildman–Crippen MR) is 59.9 cm³/mol. The maximum atomic E-state index is 11.1. The van der Waals surface area contributed by atoms with Gasteiger partial charge in [0.15, 0.2) is 0 Å². The topological polar surface area (TPSA) is 136 Å². The summed E-state index contributed by atoms with van der Waals surface area (Å²) in [6, 6.07) is -1.06. The molecule has 0 amide bonds. The van der Waals surface area contributed by atoms with Crippen molar-refractivity contribution >= 4 is 23.2 Å². The van der Waals surface area contributed by atoms with E-state index in [1.807, 2.05) is 4.72 Å². The second kappa shape index (κ2) is 8.75. The Hall–Kier alpha value is -1.29. The van der Waals surface area contributed by atoms with Gasteiger partial charge in [-0.3, -0.25) is 13.8 Å². The van der Waals surface area contributed by atoms with E-state index in [-0.39, 0.29) is 12.8 Å². The van der Waals surface area contributed by atoms with Crippen molar-refractivity contribution < 1.29 is 33.3 Å². The van der Waals surface area contributed by atoms with Gasteiger partial charge in [0.05, 0.1) is 25.0 Å². The Morgan fingerprint density at radius 2 is 2.11 bits per heavy atom. The molecule has 3 N–H and O–H groups in total. The Labute approximate surface area is 106 Å². The van der Waals surface area contributed by atoms with E-state index in [0.29, 0.717) is 0 Å². The number of hydrogen-bond acceptors (Lipinski definition) is 6. The lowest BCUT2D eigenvalue weighted by Crippen LogP contribution is -2.43. The quantitative estimate of drug-likeness (QED) is 0.271. The predicted octanol–water partition coefficient (Wildman–Crippen LogP) is -1.31. The van der Waals surface area contributed by atoms with Crippen LogP contribution in [-0.4, -0.2) is 49.7 Å². The van der Waals surface area contributed by atoms with Crippen LogP contribution >= 0.6 is 0 Å². The molecule has 0 aliphatic heterocycles. The van der Waals surface area contributed by atoms with Crippen LogP contribution in [0.5, 0.6) is 0 Å². The second-order valence-electron chi connectivity index (χ2n) is 3.26. The summed E-state index contributed by atoms with van der Waals surface area (Å²) < 4.78 is 27.4. The molecule has 0 fully saturated rings. The summed E-state index contributed by atoms with van der Waals surface area (Å²) in [5, 5.41) is 17.7. The fraction of sp³-hybridized carbons (Fsp3) is 0.556. The maximum Gasteiger partial charge on any atom is 0.306 e. The molecule has 0 saturated carbocycles. The maximum absolute atomic E-state index is 11.1. The largest absolute Gasteiger partial charge is 0.760 e. The fourth-order valence-electron chi connectivity index (χ4n) is 0.954. The molecule has 0 aromatic heterocycles. The summed E-state index contributed by atoms with van der Waals surface area (Å²) in [6.07, 6.45) is -0.855. The third kappa shape index (κ3) is 7.90. The molecule has 9 heteroatoms. The molecule has 0 aromatic carbocycles. The fourth-order valence-corrected chi connectivity index (χ4v) is 1.41. The molecule has 0 spiro atoms. The summed E-state index contributed by atoms with van der Waals surface area (Å²) in [5.41, 5.74) is 0. The normalized spacial score (nSPS) is 15.4. The van der Waals surface area contributed by atoms with Gasteiger partial charge in [0, 0.05) is 11.3 Å². The number of aliphatic hydroxyl groups excluding tert-OH is 1. The number of carbonyl (C=O) groups excluding carboxylic acids is 1. The summed E-state index contributed by atoms with van der Waals surface area (Å²) in [5.74, 6) is -1.94. The number of nitrogens with one attached hydrogen (secondary N) is 1. The lowest BCUT2D eigenvalue weighted by Gasteiger charge is -2.22. The zero-order valence-electron chi connectivity index (χ0n) is 9.40. The van der Waals surface area contributed by atoms with Crippen molar-refractivity contribution in [2.45, 2.75) is 25.0 Å². The van der Waals surface area contributed by atoms with E-state index in [2.05, 4.69) is 11.3 Å². The highest BCUT2D eigenvalue weighted by atomic mass is 32.2. The minimum atomic E-state index is -2.64. The van der Waals surface area contributed by atoms with Crippen molar-refractivity contribution in [2.24, 2.45) is 0 Å². The van der Waals surface area contributed by atoms with Gasteiger partial charge >= 0.3 is 11.9 Å². The lowest BCUT2D eigenvalue weighted by atomic mass is 10.2. The molecule has 0 radical (unpaired) electrons. The van der Waals surface area contributed by atoms with Crippen LogP contribution in [0.25, 0.3) is 0 Å². The highest BCUT2D eigenvalue weighted by Crippen LogP contribution is 2.00. The molecule has 1 unspecified atom stereocenters. The molecule has 0 aromatic rings. The van der Waals surface area contributed by atoms with E-state index in [1.54, 1.807) is 0 Å². The first-order valence-electron chi connectivity index (χ1n) is 4.90. The number of hydrogen-bond donors (Lipinski definition) is 3. The molecular formula is C9H14NO7S-. The summed E-state index contributed by atoms with van der Waals surface area (Å²) >= 11 is -2.64. The standard InChI is InChI=1S/C9H15NO7S/c1-2-7(11)6(10-18(15)16)5-17-9(14)4-3-8(12)13/h2,6-7,10-11H,1,3-5H2,(H,12,13)(H,15,16)/p-1/t6-,7+/m0/s1. The van der Waals surface area contributed by atoms with E-state index in [4.69, 9.17) is 5.11 Å². The summed E-state index contributed by atoms with van der Waals surface area (Å²) in [4.78, 5) is 21.3. The van der Waals surface area contributed by atoms with Crippen LogP contribution in [0.3, 0.4) is 0 Å². The lowest BCUT2D eigenvalue weighted by molar-refractivity contribution is -0.148. The zero-order valence-corrected chi connectivity index (χ0v) is 10.2. The highest BCUT2D eigenvalue weighted by Gasteiger charge is 2.18. The van der Waals surface area contributed by atoms with Gasteiger partial charge in [-0.15, -0.1) is 6.58 Å². The van der Waals surface area contributed by atoms with Gasteiger partial charge in [-0.2, -0.15) is 0 Å². The first-order chi connectivity index (χ1) is 8.36. The molecule has 0 rings (SSSR count). The minimum Gasteiger partial charge on any atom is -0.760 e. The molecule has 0 saturated heterocycles. The van der Waals surface area contributed by atoms with Crippen LogP contribution in [0.15, 0.2) is 12.7 Å². The van der Waals surface area contributed by atoms with E-state index < -0.39 is 42.0 Å². The van der Waals surface area contributed by atoms with Gasteiger partial charge in [-0.25, -0.2) is 4.72 Å². The Balaban J connectivity index is 4.16. The van der Waals surface area contributed by atoms with Crippen molar-refractivity contribution in [3.63, 3.8) is 0 Å². The molecular weight excluding hydrogens is 266 g/mol. The Morgan fingerprint density at radius 3 is 2.56 bits per heavy atom. The molecule has 3 atom stereocenters. The minimum absolute atomic E-state index is 0.327. The summed E-state index contributed by atoms with van der Waals surface area (Å²) in [7, 11) is 0. The van der Waals surface area contributed by atoms with Gasteiger partial charge < -0.3 is 19.5 Å². The van der Waals surface area contributed by atoms with Crippen molar-refractivity contribution in [3.8, 4) is 0 Å². The first-order valence-corrected chi connectivity index (χ1v) is 5.97. The van der Waals surface area contributed by atoms with Crippen molar-refractivity contribution in [3.05, 3.63) is 12.7 Å². The van der Waals surface area contributed by atoms with Crippen LogP contribution in [0.4, 0.5) is 0 Å². The molecule has 0 aliphatic rings. The average Bonchev–Trinajstić information content (AvgIpc) is 2.30. The Bertz CT molecular complexity index is 333. The smallest absolute Gasteiger partial charge is 0.306 e. The molecule has 8 nitrogen and oxygen atoms in total. The molecule has 0 heterocycles. The van der Waals surface area contributed by atoms with Gasteiger partial charge in [0.2, 0.25) is 0 Å². The number of rotatable bonds is 9. The molecule has 18 heavy (non-hydrogen) atoms. The van der Waals surface area contributed by atoms with Crippen molar-refractivity contribution in [1.29, 1.82) is 0 Å². The number of carboxylic acids is 1. The number of aliphatic hydroxyl groups is 1. The van der Waals surface area contributed by atoms with E-state index >= 15 is 0 Å². The van der Waals surface area contributed by atoms with Gasteiger partial charge in [0.1, 0.15) is 6.61 Å². The van der Waals surface area contributed by atoms with Gasteiger partial charge in [0.25, 0.3) is 0 Å². The van der Waals surface area contributed by atoms with E-state index in [9.17, 15) is 23.5 Å². The number of carbonyl (C=O) groups is 2. The van der Waals surface area contributed by atoms with Crippen LogP contribution < -0.4 is 4.72 Å². The SMILES string of the molecule is C=C[C@@H](O)[C@H](COC(=O)CCC(=O)O)NS(=O)[O-]. The van der Waals surface area contributed by atoms with Gasteiger partial charge in [-0.1, -0.05) is 6.08 Å². The Kier molecular flexibility index (Phi) is 8.12. The van der Waals surface area contributed by atoms with Crippen molar-refractivity contribution in [1.82, 2.24) is 4.72 Å². The number of esters is 1. The highest BCUT2D eigenvalue weighted by molar-refractivity contribution is 7.77. The Morgan fingerprint density at radius 1 is 1.50 bits per heavy atom. The number of aliphatic carboxylic acids is 1. The number of ether oxygens (including phenoxy) is 1. The first kappa shape index (κ1) is 16.7. The third-order valence-electron chi connectivity index (χ3n) is 1.87. The second-order valence-corrected chi connectivity index (χ2v) is 3.97. The molecule has 0 aliphatic carbocycles. The van der Waals surface area contributed by atoms with Crippen LogP contribution in [0.1, 0.15) is 12.8 Å². The van der Waals surface area contributed by atoms with Crippen molar-refractivity contribution in [2.75, 3.05) is 6.61 Å². The van der Waals surface area contributed by atoms with E-state index in [1.165, 1.54) is 0 Å². The zero-order chi connectivity index (χ0) is 14.1. The molecule has 104 valence electrons. The van der Waals surface area contributed by atoms with Crippen LogP contribution in [0.2, 0.25) is 0 Å². The average molecular weight is 280 g/mol. The van der Waals surface area contributed by atoms with Crippen LogP contribution in [0, 0.1) is 0 Å². The summed E-state index contributed by atoms with van der Waals surface area (Å²) in [6.45, 7) is 2.85. The third-order valence-corrected chi connectivity index (χ3v) is 2.36. The van der Waals surface area contributed by atoms with Crippen LogP contribution in [-0.2, 0) is 25.6 Å². The van der Waals surface area contributed by atoms with E-state index in [0.717, 1.165) is 6.08 Å². The molecule has 0 bridgehead atoms. The number of carboxylic acid groups (broad SMARTS) is 1. The monoisotopic (exact) mass is 280 g/mol. The van der Waals surface area contributed by atoms with Gasteiger partial charge in [-0.05, 0) is 0 Å².